The molecule has 0 unspecified atom stereocenters. The molecule has 0 amide bonds. The van der Waals surface area contributed by atoms with Gasteiger partial charge < -0.3 is 9.97 Å². The van der Waals surface area contributed by atoms with Gasteiger partial charge in [0.2, 0.25) is 0 Å². The van der Waals surface area contributed by atoms with Crippen LogP contribution in [0.4, 0.5) is 0 Å². The van der Waals surface area contributed by atoms with Crippen molar-refractivity contribution < 1.29 is 0 Å². The lowest BCUT2D eigenvalue weighted by molar-refractivity contribution is 1.31. The van der Waals surface area contributed by atoms with Crippen LogP contribution in [0.3, 0.4) is 0 Å². The van der Waals surface area contributed by atoms with Gasteiger partial charge in [0, 0.05) is 38.8 Å². The van der Waals surface area contributed by atoms with Crippen molar-refractivity contribution in [1.82, 2.24) is 19.9 Å². The van der Waals surface area contributed by atoms with Gasteiger partial charge in [0.1, 0.15) is 0 Å². The highest BCUT2D eigenvalue weighted by atomic mass is 32.1. The zero-order valence-electron chi connectivity index (χ0n) is 20.5. The summed E-state index contributed by atoms with van der Waals surface area (Å²) in [5, 5.41) is 12.9. The quantitative estimate of drug-likeness (QED) is 0.227. The second kappa shape index (κ2) is 9.17. The molecule has 2 N–H and O–H groups in total. The molecule has 0 spiro atoms. The van der Waals surface area contributed by atoms with E-state index in [1.807, 2.05) is 0 Å². The molecule has 2 aliphatic rings. The maximum atomic E-state index is 5.23. The molecule has 6 aromatic rings. The van der Waals surface area contributed by atoms with E-state index in [0.717, 1.165) is 78.2 Å². The fourth-order valence-corrected chi connectivity index (χ4v) is 7.21. The lowest BCUT2D eigenvalue weighted by atomic mass is 10.1. The van der Waals surface area contributed by atoms with E-state index in [-0.39, 0.29) is 0 Å². The van der Waals surface area contributed by atoms with Crippen molar-refractivity contribution >= 4 is 80.4 Å². The van der Waals surface area contributed by atoms with Crippen LogP contribution in [0.5, 0.6) is 0 Å². The number of thiophene rings is 3. The van der Waals surface area contributed by atoms with Crippen LogP contribution in [-0.2, 0) is 0 Å². The summed E-state index contributed by atoms with van der Waals surface area (Å²) in [7, 11) is 0. The Bertz CT molecular complexity index is 2020. The van der Waals surface area contributed by atoms with Gasteiger partial charge >= 0.3 is 0 Å². The molecule has 0 radical (unpaired) electrons. The van der Waals surface area contributed by atoms with Crippen LogP contribution in [0.1, 0.15) is 22.8 Å². The third-order valence-corrected chi connectivity index (χ3v) is 9.06. The zero-order chi connectivity index (χ0) is 25.8. The summed E-state index contributed by atoms with van der Waals surface area (Å²) in [5.74, 6) is 0. The Morgan fingerprint density at radius 1 is 0.487 bits per heavy atom. The number of hydrogen-bond acceptors (Lipinski definition) is 5. The zero-order valence-corrected chi connectivity index (χ0v) is 23.0. The van der Waals surface area contributed by atoms with Gasteiger partial charge in [-0.05, 0) is 122 Å². The van der Waals surface area contributed by atoms with E-state index in [1.54, 1.807) is 34.0 Å². The third-order valence-electron chi connectivity index (χ3n) is 7.01. The Hall–Kier alpha value is -4.30. The highest BCUT2D eigenvalue weighted by molar-refractivity contribution is 7.08. The highest BCUT2D eigenvalue weighted by Gasteiger charge is 2.17. The number of nitrogens with zero attached hydrogens (tertiary/aromatic N) is 2. The van der Waals surface area contributed by atoms with Crippen molar-refractivity contribution in [2.45, 2.75) is 0 Å². The number of aromatic nitrogens is 4. The summed E-state index contributed by atoms with van der Waals surface area (Å²) in [6.07, 6.45) is 8.46. The Kier molecular flexibility index (Phi) is 5.33. The third kappa shape index (κ3) is 3.94. The molecule has 8 bridgehead atoms. The summed E-state index contributed by atoms with van der Waals surface area (Å²) in [5.41, 5.74) is 14.6. The number of hydrogen-bond donors (Lipinski definition) is 2. The molecule has 0 aliphatic carbocycles. The summed E-state index contributed by atoms with van der Waals surface area (Å²) in [4.78, 5) is 17.6. The van der Waals surface area contributed by atoms with Crippen molar-refractivity contribution in [3.05, 3.63) is 104 Å². The van der Waals surface area contributed by atoms with Crippen LogP contribution < -0.4 is 0 Å². The second-order valence-corrected chi connectivity index (χ2v) is 11.7. The highest BCUT2D eigenvalue weighted by Crippen LogP contribution is 2.37. The molecule has 0 aromatic carbocycles. The molecule has 0 saturated carbocycles. The molecule has 0 saturated heterocycles. The van der Waals surface area contributed by atoms with Crippen molar-refractivity contribution in [3.63, 3.8) is 0 Å². The first-order valence-electron chi connectivity index (χ1n) is 12.5. The second-order valence-electron chi connectivity index (χ2n) is 9.39. The van der Waals surface area contributed by atoms with Crippen LogP contribution in [0.2, 0.25) is 0 Å². The molecule has 0 fully saturated rings. The summed E-state index contributed by atoms with van der Waals surface area (Å²) < 4.78 is 0. The van der Waals surface area contributed by atoms with Crippen LogP contribution in [-0.4, -0.2) is 19.9 Å². The minimum Gasteiger partial charge on any atom is -0.355 e. The van der Waals surface area contributed by atoms with Gasteiger partial charge in [-0.25, -0.2) is 9.97 Å². The first-order valence-corrected chi connectivity index (χ1v) is 15.3. The molecule has 8 rings (SSSR count). The van der Waals surface area contributed by atoms with Crippen LogP contribution in [0.15, 0.2) is 80.8 Å². The first kappa shape index (κ1) is 22.7. The normalized spacial score (nSPS) is 12.4. The molecule has 39 heavy (non-hydrogen) atoms. The number of aromatic amines is 2. The first-order chi connectivity index (χ1) is 19.3. The van der Waals surface area contributed by atoms with Gasteiger partial charge in [-0.3, -0.25) is 0 Å². The maximum absolute atomic E-state index is 5.23. The van der Waals surface area contributed by atoms with Gasteiger partial charge in [0.05, 0.1) is 22.8 Å². The molecular formula is C32H20N4S3. The average molecular weight is 557 g/mol. The monoisotopic (exact) mass is 556 g/mol. The Morgan fingerprint density at radius 3 is 1.51 bits per heavy atom. The van der Waals surface area contributed by atoms with Gasteiger partial charge in [-0.15, -0.1) is 0 Å². The number of rotatable bonds is 3. The van der Waals surface area contributed by atoms with Crippen molar-refractivity contribution in [1.29, 1.82) is 0 Å². The van der Waals surface area contributed by atoms with Gasteiger partial charge in [0.25, 0.3) is 0 Å². The predicted octanol–water partition coefficient (Wildman–Crippen LogP) is 9.84. The van der Waals surface area contributed by atoms with Crippen LogP contribution in [0.25, 0.3) is 79.8 Å². The lowest BCUT2D eigenvalue weighted by Gasteiger charge is -2.03. The molecule has 2 aliphatic heterocycles. The minimum absolute atomic E-state index is 0.918. The van der Waals surface area contributed by atoms with Crippen LogP contribution >= 0.6 is 34.0 Å². The Balaban J connectivity index is 1.55. The van der Waals surface area contributed by atoms with E-state index >= 15 is 0 Å². The summed E-state index contributed by atoms with van der Waals surface area (Å²) in [6.45, 7) is 0. The SMILES string of the molecule is C1=Cc2nc1cc1ccc([nH]1)c(-c1ccsc1)c1nc(c(-c3ccsc3)c3ccc([nH]3)c2-c2ccsc2)C=C1. The number of H-pyrrole nitrogens is 2. The number of fused-ring (bicyclic) bond motifs is 8. The fraction of sp³-hybridized carbons (Fsp3) is 0. The molecule has 7 heteroatoms. The van der Waals surface area contributed by atoms with E-state index in [9.17, 15) is 0 Å². The Morgan fingerprint density at radius 2 is 0.974 bits per heavy atom. The summed E-state index contributed by atoms with van der Waals surface area (Å²) >= 11 is 5.08. The fourth-order valence-electron chi connectivity index (χ4n) is 5.27. The number of nitrogens with one attached hydrogen (secondary N) is 2. The summed E-state index contributed by atoms with van der Waals surface area (Å²) in [6, 6.07) is 17.2. The van der Waals surface area contributed by atoms with E-state index in [4.69, 9.17) is 9.97 Å². The maximum Gasteiger partial charge on any atom is 0.0737 e. The minimum atomic E-state index is 0.918. The Labute approximate surface area is 236 Å². The van der Waals surface area contributed by atoms with Crippen molar-refractivity contribution in [2.24, 2.45) is 0 Å². The predicted molar refractivity (Wildman–Crippen MR) is 169 cm³/mol. The smallest absolute Gasteiger partial charge is 0.0737 e. The van der Waals surface area contributed by atoms with Gasteiger partial charge in [0.15, 0.2) is 0 Å². The molecule has 186 valence electrons. The van der Waals surface area contributed by atoms with Crippen molar-refractivity contribution in [2.75, 3.05) is 0 Å². The van der Waals surface area contributed by atoms with E-state index in [1.165, 1.54) is 0 Å². The topological polar surface area (TPSA) is 57.4 Å². The standard InChI is InChI=1S/C32H20N4S3/c1-3-24-30(19-9-12-37-16-19)26-5-7-28(35-26)32(21-11-14-39-18-21)29-8-6-27(36-29)31(20-10-13-38-17-20)25-4-2-23(34-25)15-22(1)33-24/h1-18,33,36H. The van der Waals surface area contributed by atoms with Crippen molar-refractivity contribution in [3.8, 4) is 33.4 Å². The van der Waals surface area contributed by atoms with E-state index < -0.39 is 0 Å². The molecule has 6 aromatic heterocycles. The molecule has 0 atom stereocenters. The van der Waals surface area contributed by atoms with Crippen LogP contribution in [0, 0.1) is 0 Å². The van der Waals surface area contributed by atoms with E-state index in [2.05, 4.69) is 115 Å². The largest absolute Gasteiger partial charge is 0.355 e. The lowest BCUT2D eigenvalue weighted by Crippen LogP contribution is -1.86. The average Bonchev–Trinajstić information content (AvgIpc) is 3.79. The van der Waals surface area contributed by atoms with E-state index in [0.29, 0.717) is 0 Å². The molecule has 8 heterocycles. The molecular weight excluding hydrogens is 537 g/mol. The van der Waals surface area contributed by atoms with Gasteiger partial charge in [-0.1, -0.05) is 0 Å². The molecule has 4 nitrogen and oxygen atoms in total. The van der Waals surface area contributed by atoms with Gasteiger partial charge in [-0.2, -0.15) is 34.0 Å².